The van der Waals surface area contributed by atoms with E-state index in [-0.39, 0.29) is 0 Å². The Labute approximate surface area is 81.2 Å². The smallest absolute Gasteiger partial charge is 0.0859 e. The van der Waals surface area contributed by atoms with Crippen molar-refractivity contribution in [2.75, 3.05) is 0 Å². The molecule has 0 radical (unpaired) electrons. The predicted molar refractivity (Wildman–Crippen MR) is 55.2 cm³/mol. The van der Waals surface area contributed by atoms with Gasteiger partial charge in [-0.05, 0) is 36.2 Å². The maximum atomic E-state index is 12.4. The third kappa shape index (κ3) is 2.32. The summed E-state index contributed by atoms with van der Waals surface area (Å²) in [5.41, 5.74) is 1.39. The summed E-state index contributed by atoms with van der Waals surface area (Å²) in [6, 6.07) is 0. The van der Waals surface area contributed by atoms with E-state index in [2.05, 4.69) is 20.8 Å². The zero-order chi connectivity index (χ0) is 9.90. The van der Waals surface area contributed by atoms with Crippen LogP contribution in [0.4, 0.5) is 4.39 Å². The number of hydrogen-bond acceptors (Lipinski definition) is 0. The van der Waals surface area contributed by atoms with Crippen LogP contribution in [0, 0.1) is 11.3 Å². The van der Waals surface area contributed by atoms with Gasteiger partial charge in [0.05, 0.1) is 6.33 Å². The molecule has 0 spiro atoms. The van der Waals surface area contributed by atoms with Crippen LogP contribution >= 0.6 is 0 Å². The lowest BCUT2D eigenvalue weighted by Gasteiger charge is -2.28. The minimum absolute atomic E-state index is 0.369. The SMILES string of the molecule is CCCC[C@@]1(C)C/C(=C/F)CC1C. The van der Waals surface area contributed by atoms with Crippen molar-refractivity contribution in [3.05, 3.63) is 11.9 Å². The number of rotatable bonds is 3. The zero-order valence-corrected chi connectivity index (χ0v) is 9.07. The van der Waals surface area contributed by atoms with E-state index >= 15 is 0 Å². The summed E-state index contributed by atoms with van der Waals surface area (Å²) in [5.74, 6) is 0.654. The summed E-state index contributed by atoms with van der Waals surface area (Å²) in [7, 11) is 0. The number of hydrogen-bond donors (Lipinski definition) is 0. The third-order valence-corrected chi connectivity index (χ3v) is 3.64. The molecule has 1 rings (SSSR count). The van der Waals surface area contributed by atoms with Crippen LogP contribution in [0.25, 0.3) is 0 Å². The third-order valence-electron chi connectivity index (χ3n) is 3.64. The molecule has 1 unspecified atom stereocenters. The fourth-order valence-electron chi connectivity index (χ4n) is 2.40. The lowest BCUT2D eigenvalue weighted by Crippen LogP contribution is -2.18. The van der Waals surface area contributed by atoms with Gasteiger partial charge in [-0.1, -0.05) is 33.6 Å². The largest absolute Gasteiger partial charge is 0.216 e. The fourth-order valence-corrected chi connectivity index (χ4v) is 2.40. The summed E-state index contributed by atoms with van der Waals surface area (Å²) in [6.07, 6.45) is 6.55. The van der Waals surface area contributed by atoms with E-state index in [1.165, 1.54) is 19.3 Å². The zero-order valence-electron chi connectivity index (χ0n) is 9.07. The Balaban J connectivity index is 2.58. The van der Waals surface area contributed by atoms with Crippen molar-refractivity contribution in [1.29, 1.82) is 0 Å². The highest BCUT2D eigenvalue weighted by Gasteiger charge is 2.37. The summed E-state index contributed by atoms with van der Waals surface area (Å²) < 4.78 is 12.4. The van der Waals surface area contributed by atoms with Gasteiger partial charge in [0.1, 0.15) is 0 Å². The maximum absolute atomic E-state index is 12.4. The molecule has 13 heavy (non-hydrogen) atoms. The van der Waals surface area contributed by atoms with Crippen molar-refractivity contribution in [2.24, 2.45) is 11.3 Å². The lowest BCUT2D eigenvalue weighted by atomic mass is 9.77. The van der Waals surface area contributed by atoms with Crippen molar-refractivity contribution in [1.82, 2.24) is 0 Å². The van der Waals surface area contributed by atoms with Crippen LogP contribution in [0.5, 0.6) is 0 Å². The number of allylic oxidation sites excluding steroid dienone is 1. The Morgan fingerprint density at radius 3 is 2.77 bits per heavy atom. The van der Waals surface area contributed by atoms with E-state index in [1.54, 1.807) is 0 Å². The van der Waals surface area contributed by atoms with Gasteiger partial charge >= 0.3 is 0 Å². The molecule has 1 aliphatic carbocycles. The van der Waals surface area contributed by atoms with Gasteiger partial charge in [0.2, 0.25) is 0 Å². The molecule has 0 bridgehead atoms. The normalized spacial score (nSPS) is 37.2. The molecule has 1 aliphatic rings. The lowest BCUT2D eigenvalue weighted by molar-refractivity contribution is 0.220. The van der Waals surface area contributed by atoms with Crippen LogP contribution in [0.2, 0.25) is 0 Å². The van der Waals surface area contributed by atoms with Crippen molar-refractivity contribution >= 4 is 0 Å². The first-order valence-electron chi connectivity index (χ1n) is 5.40. The minimum atomic E-state index is 0.369. The van der Waals surface area contributed by atoms with Gasteiger partial charge in [-0.3, -0.25) is 0 Å². The number of halogens is 1. The molecule has 0 aliphatic heterocycles. The van der Waals surface area contributed by atoms with Gasteiger partial charge in [0, 0.05) is 0 Å². The van der Waals surface area contributed by atoms with Crippen LogP contribution in [0.15, 0.2) is 11.9 Å². The van der Waals surface area contributed by atoms with Crippen molar-refractivity contribution < 1.29 is 4.39 Å². The molecule has 0 heterocycles. The topological polar surface area (TPSA) is 0 Å². The van der Waals surface area contributed by atoms with E-state index in [9.17, 15) is 4.39 Å². The van der Waals surface area contributed by atoms with Crippen LogP contribution in [-0.2, 0) is 0 Å². The molecular weight excluding hydrogens is 163 g/mol. The molecule has 0 N–H and O–H groups in total. The van der Waals surface area contributed by atoms with Crippen LogP contribution in [-0.4, -0.2) is 0 Å². The average molecular weight is 184 g/mol. The standard InChI is InChI=1S/C12H21F/c1-4-5-6-12(3)8-11(9-13)7-10(12)2/h9-10H,4-8H2,1-3H3/b11-9+/t10?,12-/m0/s1. The quantitative estimate of drug-likeness (QED) is 0.607. The second kappa shape index (κ2) is 4.26. The van der Waals surface area contributed by atoms with Gasteiger partial charge < -0.3 is 0 Å². The van der Waals surface area contributed by atoms with E-state index < -0.39 is 0 Å². The van der Waals surface area contributed by atoms with E-state index in [4.69, 9.17) is 0 Å². The predicted octanol–water partition coefficient (Wildman–Crippen LogP) is 4.47. The fraction of sp³-hybridized carbons (Fsp3) is 0.833. The maximum Gasteiger partial charge on any atom is 0.0859 e. The Hall–Kier alpha value is -0.330. The summed E-state index contributed by atoms with van der Waals surface area (Å²) in [6.45, 7) is 6.78. The van der Waals surface area contributed by atoms with E-state index in [1.807, 2.05) is 0 Å². The molecular formula is C12H21F. The van der Waals surface area contributed by atoms with Crippen LogP contribution < -0.4 is 0 Å². The molecule has 0 nitrogen and oxygen atoms in total. The molecule has 1 heteroatoms. The van der Waals surface area contributed by atoms with Crippen LogP contribution in [0.3, 0.4) is 0 Å². The van der Waals surface area contributed by atoms with Gasteiger partial charge in [-0.15, -0.1) is 0 Å². The molecule has 2 atom stereocenters. The molecule has 0 aromatic rings. The molecule has 0 aromatic carbocycles. The summed E-state index contributed by atoms with van der Waals surface area (Å²) in [4.78, 5) is 0. The van der Waals surface area contributed by atoms with Crippen molar-refractivity contribution in [3.63, 3.8) is 0 Å². The molecule has 76 valence electrons. The molecule has 0 amide bonds. The van der Waals surface area contributed by atoms with E-state index in [0.717, 1.165) is 24.7 Å². The Morgan fingerprint density at radius 2 is 2.31 bits per heavy atom. The first-order chi connectivity index (χ1) is 6.12. The summed E-state index contributed by atoms with van der Waals surface area (Å²) in [5, 5.41) is 0. The second-order valence-electron chi connectivity index (χ2n) is 4.81. The highest BCUT2D eigenvalue weighted by atomic mass is 19.1. The van der Waals surface area contributed by atoms with Gasteiger partial charge in [0.25, 0.3) is 0 Å². The average Bonchev–Trinajstić information content (AvgIpc) is 2.40. The Bertz CT molecular complexity index is 195. The second-order valence-corrected chi connectivity index (χ2v) is 4.81. The Morgan fingerprint density at radius 1 is 1.62 bits per heavy atom. The van der Waals surface area contributed by atoms with Crippen molar-refractivity contribution in [2.45, 2.75) is 52.9 Å². The highest BCUT2D eigenvalue weighted by Crippen LogP contribution is 2.48. The number of unbranched alkanes of at least 4 members (excludes halogenated alkanes) is 1. The molecule has 0 aromatic heterocycles. The molecule has 1 saturated carbocycles. The first-order valence-corrected chi connectivity index (χ1v) is 5.40. The highest BCUT2D eigenvalue weighted by molar-refractivity contribution is 5.11. The minimum Gasteiger partial charge on any atom is -0.216 e. The Kier molecular flexibility index (Phi) is 3.52. The van der Waals surface area contributed by atoms with Crippen molar-refractivity contribution in [3.8, 4) is 0 Å². The molecule has 0 saturated heterocycles. The van der Waals surface area contributed by atoms with Gasteiger partial charge in [-0.25, -0.2) is 4.39 Å². The van der Waals surface area contributed by atoms with E-state index in [0.29, 0.717) is 11.3 Å². The molecule has 1 fully saturated rings. The summed E-state index contributed by atoms with van der Waals surface area (Å²) >= 11 is 0. The van der Waals surface area contributed by atoms with Gasteiger partial charge in [0.15, 0.2) is 0 Å². The monoisotopic (exact) mass is 184 g/mol. The van der Waals surface area contributed by atoms with Crippen LogP contribution in [0.1, 0.15) is 52.9 Å². The first kappa shape index (κ1) is 10.7. The van der Waals surface area contributed by atoms with Gasteiger partial charge in [-0.2, -0.15) is 0 Å².